The highest BCUT2D eigenvalue weighted by Crippen LogP contribution is 2.35. The van der Waals surface area contributed by atoms with E-state index >= 15 is 4.39 Å². The summed E-state index contributed by atoms with van der Waals surface area (Å²) in [5.41, 5.74) is 2.21. The van der Waals surface area contributed by atoms with Gasteiger partial charge >= 0.3 is 0 Å². The molecule has 3 aromatic heterocycles. The summed E-state index contributed by atoms with van der Waals surface area (Å²) in [6.45, 7) is 5.01. The summed E-state index contributed by atoms with van der Waals surface area (Å²) in [6, 6.07) is 6.97. The average Bonchev–Trinajstić information content (AvgIpc) is 3.48. The van der Waals surface area contributed by atoms with Crippen LogP contribution in [0.4, 0.5) is 20.5 Å². The Bertz CT molecular complexity index is 1440. The Morgan fingerprint density at radius 3 is 2.84 bits per heavy atom. The van der Waals surface area contributed by atoms with Gasteiger partial charge in [0, 0.05) is 63.6 Å². The van der Waals surface area contributed by atoms with Crippen LogP contribution >= 0.6 is 0 Å². The lowest BCUT2D eigenvalue weighted by molar-refractivity contribution is 0.160. The minimum absolute atomic E-state index is 0.00900. The first kappa shape index (κ1) is 23.8. The maximum Gasteiger partial charge on any atom is 0.229 e. The Labute approximate surface area is 212 Å². The minimum atomic E-state index is -0.638. The molecule has 0 amide bonds. The summed E-state index contributed by atoms with van der Waals surface area (Å²) in [5.74, 6) is 0.456. The number of rotatable bonds is 7. The van der Waals surface area contributed by atoms with Crippen LogP contribution in [0.3, 0.4) is 0 Å². The van der Waals surface area contributed by atoms with Crippen LogP contribution in [0.5, 0.6) is 0 Å². The Kier molecular flexibility index (Phi) is 6.49. The standard InChI is InChI=1S/C26H28F2N8O/c1-37-15-18-4-5-22-32-24-19(27)11-17(12-21(24)36(18)22)23-20(28)13-31-26(33-23)34-25-16(3-2-6-30-25)14-35-9-7-29-8-10-35/h2-3,6,11-13,18,29H,4-5,7-10,14-15H2,1H3,(H,30,31,33,34)/t18-/m1/s1. The molecule has 1 atom stereocenters. The van der Waals surface area contributed by atoms with E-state index in [0.717, 1.165) is 63.2 Å². The fourth-order valence-corrected chi connectivity index (χ4v) is 5.22. The third kappa shape index (κ3) is 4.65. The number of hydrogen-bond acceptors (Lipinski definition) is 8. The smallest absolute Gasteiger partial charge is 0.229 e. The minimum Gasteiger partial charge on any atom is -0.383 e. The predicted octanol–water partition coefficient (Wildman–Crippen LogP) is 3.45. The van der Waals surface area contributed by atoms with E-state index < -0.39 is 11.6 Å². The first-order valence-electron chi connectivity index (χ1n) is 12.5. The fraction of sp³-hybridized carbons (Fsp3) is 0.385. The van der Waals surface area contributed by atoms with Crippen molar-refractivity contribution >= 4 is 22.8 Å². The van der Waals surface area contributed by atoms with Gasteiger partial charge in [-0.15, -0.1) is 0 Å². The van der Waals surface area contributed by atoms with E-state index in [4.69, 9.17) is 4.74 Å². The maximum atomic E-state index is 15.1. The molecule has 37 heavy (non-hydrogen) atoms. The van der Waals surface area contributed by atoms with Gasteiger partial charge in [0.1, 0.15) is 22.9 Å². The number of imidazole rings is 1. The van der Waals surface area contributed by atoms with E-state index in [1.165, 1.54) is 6.07 Å². The zero-order valence-electron chi connectivity index (χ0n) is 20.5. The number of benzene rings is 1. The number of fused-ring (bicyclic) bond motifs is 3. The van der Waals surface area contributed by atoms with E-state index in [0.29, 0.717) is 23.5 Å². The van der Waals surface area contributed by atoms with Crippen LogP contribution < -0.4 is 10.6 Å². The number of hydrogen-bond donors (Lipinski definition) is 2. The lowest BCUT2D eigenvalue weighted by Crippen LogP contribution is -2.43. The number of nitrogens with one attached hydrogen (secondary N) is 2. The number of aromatic nitrogens is 5. The third-order valence-corrected chi connectivity index (χ3v) is 6.99. The Morgan fingerprint density at radius 2 is 2.00 bits per heavy atom. The van der Waals surface area contributed by atoms with Crippen molar-refractivity contribution in [1.29, 1.82) is 0 Å². The summed E-state index contributed by atoms with van der Waals surface area (Å²) < 4.78 is 37.5. The topological polar surface area (TPSA) is 93.0 Å². The van der Waals surface area contributed by atoms with Crippen molar-refractivity contribution in [2.24, 2.45) is 0 Å². The number of anilines is 2. The molecule has 9 nitrogen and oxygen atoms in total. The van der Waals surface area contributed by atoms with E-state index in [1.54, 1.807) is 19.4 Å². The zero-order chi connectivity index (χ0) is 25.4. The van der Waals surface area contributed by atoms with Crippen LogP contribution in [0.2, 0.25) is 0 Å². The molecule has 5 heterocycles. The van der Waals surface area contributed by atoms with E-state index in [1.807, 2.05) is 16.7 Å². The molecule has 192 valence electrons. The molecule has 6 rings (SSSR count). The Morgan fingerprint density at radius 1 is 1.14 bits per heavy atom. The van der Waals surface area contributed by atoms with Crippen molar-refractivity contribution in [3.05, 3.63) is 59.7 Å². The molecule has 0 radical (unpaired) electrons. The predicted molar refractivity (Wildman–Crippen MR) is 136 cm³/mol. The van der Waals surface area contributed by atoms with E-state index in [-0.39, 0.29) is 23.2 Å². The van der Waals surface area contributed by atoms with Crippen LogP contribution in [0.15, 0.2) is 36.7 Å². The van der Waals surface area contributed by atoms with Crippen LogP contribution in [0.1, 0.15) is 23.9 Å². The molecule has 0 bridgehead atoms. The summed E-state index contributed by atoms with van der Waals surface area (Å²) in [4.78, 5) is 19.9. The second kappa shape index (κ2) is 10.1. The van der Waals surface area contributed by atoms with Gasteiger partial charge in [0.15, 0.2) is 11.6 Å². The molecule has 2 aliphatic heterocycles. The van der Waals surface area contributed by atoms with Crippen molar-refractivity contribution < 1.29 is 13.5 Å². The summed E-state index contributed by atoms with van der Waals surface area (Å²) >= 11 is 0. The first-order chi connectivity index (χ1) is 18.1. The van der Waals surface area contributed by atoms with Crippen molar-refractivity contribution in [3.63, 3.8) is 0 Å². The lowest BCUT2D eigenvalue weighted by atomic mass is 10.1. The highest BCUT2D eigenvalue weighted by Gasteiger charge is 2.28. The van der Waals surface area contributed by atoms with Gasteiger partial charge in [-0.2, -0.15) is 0 Å². The SMILES string of the molecule is COC[C@H]1CCc2nc3c(F)cc(-c4nc(Nc5ncccc5CN5CCNCC5)ncc4F)cc3n21. The van der Waals surface area contributed by atoms with Crippen molar-refractivity contribution in [2.75, 3.05) is 45.2 Å². The largest absolute Gasteiger partial charge is 0.383 e. The summed E-state index contributed by atoms with van der Waals surface area (Å²) in [6.07, 6.45) is 4.40. The second-order valence-electron chi connectivity index (χ2n) is 9.42. The molecule has 4 aromatic rings. The molecule has 0 spiro atoms. The normalized spacial score (nSPS) is 17.9. The van der Waals surface area contributed by atoms with E-state index in [9.17, 15) is 4.39 Å². The van der Waals surface area contributed by atoms with Crippen LogP contribution in [-0.4, -0.2) is 69.3 Å². The van der Waals surface area contributed by atoms with Gasteiger partial charge in [0.05, 0.1) is 24.4 Å². The first-order valence-corrected chi connectivity index (χ1v) is 12.5. The highest BCUT2D eigenvalue weighted by atomic mass is 19.1. The summed E-state index contributed by atoms with van der Waals surface area (Å²) in [7, 11) is 1.64. The number of halogens is 2. The highest BCUT2D eigenvalue weighted by molar-refractivity contribution is 5.83. The molecule has 0 unspecified atom stereocenters. The number of aryl methyl sites for hydroxylation is 1. The van der Waals surface area contributed by atoms with Gasteiger partial charge < -0.3 is 19.9 Å². The molecular weight excluding hydrogens is 478 g/mol. The summed E-state index contributed by atoms with van der Waals surface area (Å²) in [5, 5.41) is 6.49. The maximum absolute atomic E-state index is 15.1. The molecule has 1 fully saturated rings. The zero-order valence-corrected chi connectivity index (χ0v) is 20.5. The Hall–Kier alpha value is -3.54. The van der Waals surface area contributed by atoms with Gasteiger partial charge in [-0.25, -0.2) is 28.7 Å². The molecule has 0 saturated carbocycles. The quantitative estimate of drug-likeness (QED) is 0.394. The number of methoxy groups -OCH3 is 1. The number of ether oxygens (including phenoxy) is 1. The molecule has 11 heteroatoms. The van der Waals surface area contributed by atoms with Crippen LogP contribution in [-0.2, 0) is 17.7 Å². The molecule has 1 saturated heterocycles. The monoisotopic (exact) mass is 506 g/mol. The molecule has 1 aromatic carbocycles. The Balaban J connectivity index is 1.33. The number of piperazine rings is 1. The van der Waals surface area contributed by atoms with Gasteiger partial charge in [0.2, 0.25) is 5.95 Å². The molecule has 2 aliphatic rings. The van der Waals surface area contributed by atoms with Gasteiger partial charge in [-0.3, -0.25) is 4.90 Å². The van der Waals surface area contributed by atoms with Crippen molar-refractivity contribution in [3.8, 4) is 11.3 Å². The number of pyridine rings is 1. The van der Waals surface area contributed by atoms with E-state index in [2.05, 4.69) is 35.5 Å². The third-order valence-electron chi connectivity index (χ3n) is 6.99. The van der Waals surface area contributed by atoms with Crippen molar-refractivity contribution in [2.45, 2.75) is 25.4 Å². The second-order valence-corrected chi connectivity index (χ2v) is 9.42. The van der Waals surface area contributed by atoms with Gasteiger partial charge in [0.25, 0.3) is 0 Å². The van der Waals surface area contributed by atoms with Crippen molar-refractivity contribution in [1.82, 2.24) is 34.7 Å². The molecule has 2 N–H and O–H groups in total. The number of nitrogens with zero attached hydrogens (tertiary/aromatic N) is 6. The molecule has 0 aliphatic carbocycles. The average molecular weight is 507 g/mol. The van der Waals surface area contributed by atoms with Gasteiger partial charge in [-0.05, 0) is 24.6 Å². The van der Waals surface area contributed by atoms with Crippen LogP contribution in [0.25, 0.3) is 22.3 Å². The fourth-order valence-electron chi connectivity index (χ4n) is 5.22. The van der Waals surface area contributed by atoms with Crippen LogP contribution in [0, 0.1) is 11.6 Å². The molecular formula is C26H28F2N8O. The lowest BCUT2D eigenvalue weighted by Gasteiger charge is -2.27. The van der Waals surface area contributed by atoms with Gasteiger partial charge in [-0.1, -0.05) is 6.07 Å².